The lowest BCUT2D eigenvalue weighted by Crippen LogP contribution is -2.21. The van der Waals surface area contributed by atoms with Crippen LogP contribution in [0.3, 0.4) is 0 Å². The molecule has 0 bridgehead atoms. The second kappa shape index (κ2) is 4.62. The molecule has 1 aromatic carbocycles. The van der Waals surface area contributed by atoms with Crippen LogP contribution in [0.5, 0.6) is 0 Å². The molecule has 0 aliphatic rings. The molecule has 0 atom stereocenters. The molecule has 2 N–H and O–H groups in total. The van der Waals surface area contributed by atoms with Gasteiger partial charge in [-0.2, -0.15) is 0 Å². The second-order valence-electron chi connectivity index (χ2n) is 4.83. The Balaban J connectivity index is 2.60. The topological polar surface area (TPSA) is 78.0 Å². The van der Waals surface area contributed by atoms with Crippen molar-refractivity contribution in [3.63, 3.8) is 0 Å². The molecule has 1 aromatic heterocycles. The van der Waals surface area contributed by atoms with Crippen molar-refractivity contribution in [3.8, 4) is 11.3 Å². The highest BCUT2D eigenvalue weighted by atomic mass is 32.2. The first kappa shape index (κ1) is 13.5. The lowest BCUT2D eigenvalue weighted by molar-refractivity contribution is 0.678. The van der Waals surface area contributed by atoms with Crippen LogP contribution in [0.25, 0.3) is 11.3 Å². The van der Waals surface area contributed by atoms with E-state index < -0.39 is 9.93 Å². The summed E-state index contributed by atoms with van der Waals surface area (Å²) < 4.78 is 13.5. The van der Waals surface area contributed by atoms with Crippen molar-refractivity contribution in [3.05, 3.63) is 40.8 Å². The van der Waals surface area contributed by atoms with Gasteiger partial charge in [-0.05, 0) is 24.6 Å². The molecule has 102 valence electrons. The Labute approximate surface area is 112 Å². The quantitative estimate of drug-likeness (QED) is 0.792. The fraction of sp³-hybridized carbons (Fsp3) is 0.231. The first-order chi connectivity index (χ1) is 8.79. The van der Waals surface area contributed by atoms with E-state index in [4.69, 9.17) is 5.73 Å². The van der Waals surface area contributed by atoms with E-state index in [2.05, 4.69) is 4.98 Å². The first-order valence-corrected chi connectivity index (χ1v) is 8.38. The van der Waals surface area contributed by atoms with E-state index in [9.17, 15) is 9.00 Å². The number of thiol groups is 1. The van der Waals surface area contributed by atoms with Crippen molar-refractivity contribution in [1.82, 2.24) is 9.55 Å². The molecule has 19 heavy (non-hydrogen) atoms. The summed E-state index contributed by atoms with van der Waals surface area (Å²) in [4.78, 5) is 16.4. The van der Waals surface area contributed by atoms with Crippen molar-refractivity contribution >= 4 is 15.8 Å². The van der Waals surface area contributed by atoms with Crippen LogP contribution in [0, 0.1) is 0 Å². The van der Waals surface area contributed by atoms with Gasteiger partial charge in [-0.15, -0.1) is 0 Å². The highest BCUT2D eigenvalue weighted by Crippen LogP contribution is 2.22. The number of aromatic nitrogens is 2. The number of hydrogen-bond acceptors (Lipinski definition) is 4. The molecule has 6 heteroatoms. The fourth-order valence-corrected chi connectivity index (χ4v) is 2.66. The maximum absolute atomic E-state index is 12.1. The Morgan fingerprint density at radius 1 is 1.32 bits per heavy atom. The van der Waals surface area contributed by atoms with Crippen LogP contribution in [0.4, 0.5) is 5.82 Å². The van der Waals surface area contributed by atoms with Crippen LogP contribution in [0.1, 0.15) is 0 Å². The van der Waals surface area contributed by atoms with Crippen LogP contribution in [0.2, 0.25) is 0 Å². The Bertz CT molecular complexity index is 705. The number of rotatable bonds is 2. The molecule has 2 aromatic rings. The smallest absolute Gasteiger partial charge is 0.292 e. The number of aryl methyl sites for hydroxylation is 1. The summed E-state index contributed by atoms with van der Waals surface area (Å²) >= 11 is 0. The third-order valence-corrected chi connectivity index (χ3v) is 4.38. The molecule has 0 radical (unpaired) electrons. The van der Waals surface area contributed by atoms with Gasteiger partial charge in [0.15, 0.2) is 5.82 Å². The van der Waals surface area contributed by atoms with Crippen molar-refractivity contribution < 1.29 is 4.21 Å². The van der Waals surface area contributed by atoms with Gasteiger partial charge in [0.25, 0.3) is 5.56 Å². The minimum atomic E-state index is -2.33. The van der Waals surface area contributed by atoms with Gasteiger partial charge in [0.05, 0.1) is 5.69 Å². The van der Waals surface area contributed by atoms with Crippen molar-refractivity contribution in [2.24, 2.45) is 7.05 Å². The average Bonchev–Trinajstić information content (AvgIpc) is 2.34. The van der Waals surface area contributed by atoms with E-state index in [1.165, 1.54) is 4.57 Å². The van der Waals surface area contributed by atoms with Crippen LogP contribution in [0.15, 0.2) is 40.2 Å². The molecule has 0 saturated heterocycles. The van der Waals surface area contributed by atoms with Gasteiger partial charge < -0.3 is 10.3 Å². The van der Waals surface area contributed by atoms with Crippen LogP contribution >= 0.6 is 0 Å². The summed E-state index contributed by atoms with van der Waals surface area (Å²) in [5, 5.41) is 0. The Hall–Kier alpha value is -1.95. The molecule has 5 nitrogen and oxygen atoms in total. The number of hydrogen-bond donors (Lipinski definition) is 2. The van der Waals surface area contributed by atoms with E-state index in [1.807, 2.05) is 24.3 Å². The minimum Gasteiger partial charge on any atom is -0.379 e. The number of nitrogen functional groups attached to an aromatic ring is 1. The van der Waals surface area contributed by atoms with Gasteiger partial charge in [-0.3, -0.25) is 9.00 Å². The standard InChI is InChI=1S/C13H17N3O2S/c1-16-8-11(15-12(14)13(16)17)9-5-4-6-10(7-9)19(2,3)18/h4-8,19H,1-3H3,(H2,14,15). The van der Waals surface area contributed by atoms with E-state index in [1.54, 1.807) is 25.8 Å². The third kappa shape index (κ3) is 2.73. The van der Waals surface area contributed by atoms with Gasteiger partial charge in [0.1, 0.15) is 0 Å². The molecule has 0 spiro atoms. The summed E-state index contributed by atoms with van der Waals surface area (Å²) in [6.45, 7) is 0. The van der Waals surface area contributed by atoms with Crippen molar-refractivity contribution in [2.45, 2.75) is 4.90 Å². The zero-order valence-electron chi connectivity index (χ0n) is 11.1. The summed E-state index contributed by atoms with van der Waals surface area (Å²) in [5.41, 5.74) is 6.65. The fourth-order valence-electron chi connectivity index (χ4n) is 1.77. The maximum Gasteiger partial charge on any atom is 0.292 e. The highest BCUT2D eigenvalue weighted by molar-refractivity contribution is 8.01. The molecule has 1 heterocycles. The zero-order chi connectivity index (χ0) is 14.2. The predicted octanol–water partition coefficient (Wildman–Crippen LogP) is 0.665. The van der Waals surface area contributed by atoms with Gasteiger partial charge in [-0.25, -0.2) is 4.98 Å². The minimum absolute atomic E-state index is 0.0402. The van der Waals surface area contributed by atoms with E-state index >= 15 is 0 Å². The highest BCUT2D eigenvalue weighted by Gasteiger charge is 2.09. The molecule has 0 unspecified atom stereocenters. The van der Waals surface area contributed by atoms with E-state index in [0.717, 1.165) is 10.5 Å². The Kier molecular flexibility index (Phi) is 3.28. The third-order valence-electron chi connectivity index (χ3n) is 2.86. The molecule has 0 fully saturated rings. The second-order valence-corrected chi connectivity index (χ2v) is 8.05. The summed E-state index contributed by atoms with van der Waals surface area (Å²) in [6, 6.07) is 7.33. The Morgan fingerprint density at radius 2 is 2.00 bits per heavy atom. The lowest BCUT2D eigenvalue weighted by Gasteiger charge is -2.13. The lowest BCUT2D eigenvalue weighted by atomic mass is 10.1. The Morgan fingerprint density at radius 3 is 2.58 bits per heavy atom. The monoisotopic (exact) mass is 279 g/mol. The molecular formula is C13H17N3O2S. The normalized spacial score (nSPS) is 12.4. The SMILES string of the molecule is Cn1cc(-c2cccc([SH](C)(C)=O)c2)nc(N)c1=O. The van der Waals surface area contributed by atoms with Gasteiger partial charge in [0.2, 0.25) is 0 Å². The molecule has 0 aliphatic carbocycles. The van der Waals surface area contributed by atoms with Gasteiger partial charge in [-0.1, -0.05) is 22.1 Å². The summed E-state index contributed by atoms with van der Waals surface area (Å²) in [7, 11) is -0.703. The van der Waals surface area contributed by atoms with Gasteiger partial charge in [0, 0.05) is 23.7 Å². The van der Waals surface area contributed by atoms with Crippen molar-refractivity contribution in [1.29, 1.82) is 0 Å². The van der Waals surface area contributed by atoms with Crippen LogP contribution in [-0.2, 0) is 17.0 Å². The number of nitrogens with two attached hydrogens (primary N) is 1. The van der Waals surface area contributed by atoms with Crippen molar-refractivity contribution in [2.75, 3.05) is 18.2 Å². The largest absolute Gasteiger partial charge is 0.379 e. The van der Waals surface area contributed by atoms with Crippen LogP contribution in [-0.4, -0.2) is 26.3 Å². The zero-order valence-corrected chi connectivity index (χ0v) is 12.0. The molecule has 0 saturated carbocycles. The van der Waals surface area contributed by atoms with Crippen LogP contribution < -0.4 is 11.3 Å². The number of nitrogens with zero attached hydrogens (tertiary/aromatic N) is 2. The first-order valence-electron chi connectivity index (χ1n) is 5.78. The maximum atomic E-state index is 12.1. The number of benzene rings is 1. The van der Waals surface area contributed by atoms with E-state index in [-0.39, 0.29) is 11.4 Å². The average molecular weight is 279 g/mol. The molecule has 2 rings (SSSR count). The molecule has 0 aliphatic heterocycles. The number of anilines is 1. The van der Waals surface area contributed by atoms with Gasteiger partial charge >= 0.3 is 0 Å². The summed E-state index contributed by atoms with van der Waals surface area (Å²) in [5.74, 6) is -0.0402. The predicted molar refractivity (Wildman–Crippen MR) is 79.0 cm³/mol. The summed E-state index contributed by atoms with van der Waals surface area (Å²) in [6.07, 6.45) is 5.05. The van der Waals surface area contributed by atoms with E-state index in [0.29, 0.717) is 5.69 Å². The molecular weight excluding hydrogens is 262 g/mol. The molecule has 0 amide bonds.